The van der Waals surface area contributed by atoms with Crippen molar-refractivity contribution in [1.29, 1.82) is 0 Å². The molecule has 2 unspecified atom stereocenters. The highest BCUT2D eigenvalue weighted by Crippen LogP contribution is 2.26. The third kappa shape index (κ3) is 4.91. The maximum Gasteiger partial charge on any atom is 0.301 e. The quantitative estimate of drug-likeness (QED) is 0.510. The number of nitrogens with zero attached hydrogens (tertiary/aromatic N) is 5. The Morgan fingerprint density at radius 2 is 1.72 bits per heavy atom. The molecule has 1 N–H and O–H groups in total. The number of carbonyl (C=O) groups excluding carboxylic acids is 1. The predicted molar refractivity (Wildman–Crippen MR) is 152 cm³/mol. The van der Waals surface area contributed by atoms with Crippen LogP contribution in [0.25, 0.3) is 22.9 Å². The molecule has 39 heavy (non-hydrogen) atoms. The molecule has 0 fully saturated rings. The summed E-state index contributed by atoms with van der Waals surface area (Å²) in [6, 6.07) is 14.0. The largest absolute Gasteiger partial charge is 0.301 e. The maximum atomic E-state index is 12.2. The van der Waals surface area contributed by atoms with E-state index in [1.807, 2.05) is 30.3 Å². The van der Waals surface area contributed by atoms with Crippen molar-refractivity contribution >= 4 is 63.2 Å². The van der Waals surface area contributed by atoms with Crippen molar-refractivity contribution in [3.05, 3.63) is 88.1 Å². The molecule has 2 atom stereocenters. The van der Waals surface area contributed by atoms with Crippen LogP contribution < -0.4 is 10.4 Å². The maximum absolute atomic E-state index is 12.2. The van der Waals surface area contributed by atoms with Crippen molar-refractivity contribution in [2.75, 3.05) is 0 Å². The SMILES string of the molecule is O=C1N=CN=C2N=CN=C12.O=S(=O)(O)C1Cc2ccc3c4c(ccc3c2=CC1Cc1ccccn1)CC=CC=4. The normalized spacial score (nSPS) is 20.5. The summed E-state index contributed by atoms with van der Waals surface area (Å²) in [6.07, 6.45) is 14.3. The van der Waals surface area contributed by atoms with Crippen LogP contribution in [0.15, 0.2) is 80.8 Å². The fourth-order valence-corrected chi connectivity index (χ4v) is 6.33. The molecule has 0 radical (unpaired) electrons. The van der Waals surface area contributed by atoms with Crippen molar-refractivity contribution in [3.63, 3.8) is 0 Å². The number of aliphatic imine (C=N–C) groups is 4. The lowest BCUT2D eigenvalue weighted by Gasteiger charge is -2.27. The molecule has 0 saturated carbocycles. The highest BCUT2D eigenvalue weighted by Gasteiger charge is 2.34. The van der Waals surface area contributed by atoms with Gasteiger partial charge in [-0.2, -0.15) is 13.4 Å². The number of amidine groups is 1. The number of pyridine rings is 1. The molecular weight excluding hydrogens is 514 g/mol. The van der Waals surface area contributed by atoms with Gasteiger partial charge in [-0.3, -0.25) is 14.3 Å². The summed E-state index contributed by atoms with van der Waals surface area (Å²) in [5, 5.41) is 3.77. The molecule has 9 nitrogen and oxygen atoms in total. The van der Waals surface area contributed by atoms with Crippen molar-refractivity contribution in [3.8, 4) is 0 Å². The predicted octanol–water partition coefficient (Wildman–Crippen LogP) is 2.02. The third-order valence-electron chi connectivity index (χ3n) is 7.17. The molecule has 2 aliphatic carbocycles. The minimum absolute atomic E-state index is 0.238. The van der Waals surface area contributed by atoms with Gasteiger partial charge in [0, 0.05) is 17.8 Å². The molecule has 2 aliphatic heterocycles. The number of benzene rings is 2. The summed E-state index contributed by atoms with van der Waals surface area (Å²) in [4.78, 5) is 29.7. The fraction of sp³-hybridized carbons (Fsp3) is 0.172. The van der Waals surface area contributed by atoms with E-state index < -0.39 is 15.4 Å². The van der Waals surface area contributed by atoms with Crippen molar-refractivity contribution in [1.82, 2.24) is 4.98 Å². The Kier molecular flexibility index (Phi) is 6.41. The van der Waals surface area contributed by atoms with E-state index in [2.05, 4.69) is 61.4 Å². The molecule has 1 aromatic heterocycles. The second kappa shape index (κ2) is 10.0. The summed E-state index contributed by atoms with van der Waals surface area (Å²) in [5.74, 6) is -0.347. The zero-order chi connectivity index (χ0) is 27.0. The first-order chi connectivity index (χ1) is 18.9. The van der Waals surface area contributed by atoms with E-state index in [1.54, 1.807) is 6.20 Å². The smallest absolute Gasteiger partial charge is 0.285 e. The second-order valence-electron chi connectivity index (χ2n) is 9.51. The van der Waals surface area contributed by atoms with Gasteiger partial charge in [0.05, 0.1) is 5.25 Å². The average Bonchev–Trinajstić information content (AvgIpc) is 3.43. The standard InChI is InChI=1S/C24H21NO3S.C5H2N4O/c26-29(27,28)24-15-17-9-11-21-20-7-2-1-5-16(20)8-10-22(21)23(17)14-18(24)13-19-6-3-4-12-25-19;10-5-3-4(7-1-6-3)8-2-9-5/h1-4,6-12,14,18,24H,5,13,15H2,(H,26,27,28);1-2H. The number of allylic oxidation sites excluding steroid dienone is 2. The van der Waals surface area contributed by atoms with Gasteiger partial charge in [-0.05, 0) is 63.7 Å². The average molecular weight is 538 g/mol. The van der Waals surface area contributed by atoms with Crippen LogP contribution >= 0.6 is 0 Å². The van der Waals surface area contributed by atoms with E-state index in [0.29, 0.717) is 18.7 Å². The molecule has 0 saturated heterocycles. The first-order valence-corrected chi connectivity index (χ1v) is 13.9. The summed E-state index contributed by atoms with van der Waals surface area (Å²) >= 11 is 0. The van der Waals surface area contributed by atoms with Gasteiger partial charge >= 0.3 is 5.91 Å². The zero-order valence-electron chi connectivity index (χ0n) is 20.7. The molecule has 2 aromatic carbocycles. The van der Waals surface area contributed by atoms with Crippen LogP contribution in [0.4, 0.5) is 0 Å². The number of fused-ring (bicyclic) bond motifs is 6. The lowest BCUT2D eigenvalue weighted by Crippen LogP contribution is -2.38. The minimum atomic E-state index is -4.18. The molecule has 0 bridgehead atoms. The summed E-state index contributed by atoms with van der Waals surface area (Å²) < 4.78 is 34.2. The molecule has 3 heterocycles. The van der Waals surface area contributed by atoms with Gasteiger partial charge in [-0.1, -0.05) is 54.6 Å². The van der Waals surface area contributed by atoms with Gasteiger partial charge in [0.1, 0.15) is 12.7 Å². The van der Waals surface area contributed by atoms with E-state index in [0.717, 1.165) is 28.3 Å². The number of hydrogen-bond acceptors (Lipinski definition) is 7. The van der Waals surface area contributed by atoms with Crippen molar-refractivity contribution < 1.29 is 17.8 Å². The van der Waals surface area contributed by atoms with Crippen LogP contribution in [0.1, 0.15) is 16.8 Å². The van der Waals surface area contributed by atoms with E-state index in [9.17, 15) is 17.8 Å². The van der Waals surface area contributed by atoms with Crippen molar-refractivity contribution in [2.45, 2.75) is 24.5 Å². The topological polar surface area (TPSA) is 134 Å². The van der Waals surface area contributed by atoms with Crippen LogP contribution in [0.3, 0.4) is 0 Å². The van der Waals surface area contributed by atoms with E-state index in [-0.39, 0.29) is 17.5 Å². The van der Waals surface area contributed by atoms with Gasteiger partial charge in [-0.15, -0.1) is 0 Å². The lowest BCUT2D eigenvalue weighted by molar-refractivity contribution is -0.111. The van der Waals surface area contributed by atoms with E-state index >= 15 is 0 Å². The molecule has 4 aliphatic rings. The Labute approximate surface area is 224 Å². The number of hydrogen-bond donors (Lipinski definition) is 1. The fourth-order valence-electron chi connectivity index (χ4n) is 5.32. The van der Waals surface area contributed by atoms with Crippen molar-refractivity contribution in [2.24, 2.45) is 25.9 Å². The summed E-state index contributed by atoms with van der Waals surface area (Å²) in [5.41, 5.74) is 3.32. The Morgan fingerprint density at radius 3 is 2.49 bits per heavy atom. The van der Waals surface area contributed by atoms with E-state index in [1.165, 1.54) is 28.8 Å². The third-order valence-corrected chi connectivity index (χ3v) is 8.45. The second-order valence-corrected chi connectivity index (χ2v) is 11.1. The van der Waals surface area contributed by atoms with Crippen LogP contribution in [-0.2, 0) is 34.2 Å². The Bertz CT molecular complexity index is 1880. The zero-order valence-corrected chi connectivity index (χ0v) is 21.5. The van der Waals surface area contributed by atoms with Crippen LogP contribution in [-0.4, -0.2) is 53.3 Å². The Morgan fingerprint density at radius 1 is 0.923 bits per heavy atom. The monoisotopic (exact) mass is 537 g/mol. The molecule has 10 heteroatoms. The first-order valence-electron chi connectivity index (χ1n) is 12.4. The first kappa shape index (κ1) is 24.9. The lowest BCUT2D eigenvalue weighted by atomic mass is 9.85. The molecular formula is C29H23N5O4S. The molecule has 1 amide bonds. The molecule has 7 rings (SSSR count). The van der Waals surface area contributed by atoms with Gasteiger partial charge in [-0.25, -0.2) is 15.0 Å². The summed E-state index contributed by atoms with van der Waals surface area (Å²) in [6.45, 7) is 0. The number of carbonyl (C=O) groups is 1. The van der Waals surface area contributed by atoms with Gasteiger partial charge < -0.3 is 0 Å². The van der Waals surface area contributed by atoms with Crippen LogP contribution in [0, 0.1) is 5.92 Å². The van der Waals surface area contributed by atoms with Crippen LogP contribution in [0.5, 0.6) is 0 Å². The number of aromatic nitrogens is 1. The minimum Gasteiger partial charge on any atom is -0.285 e. The molecule has 0 spiro atoms. The molecule has 194 valence electrons. The Hall–Kier alpha value is -4.41. The number of amides is 1. The van der Waals surface area contributed by atoms with E-state index in [4.69, 9.17) is 0 Å². The van der Waals surface area contributed by atoms with Crippen LogP contribution in [0.2, 0.25) is 0 Å². The highest BCUT2D eigenvalue weighted by atomic mass is 32.2. The highest BCUT2D eigenvalue weighted by molar-refractivity contribution is 7.86. The van der Waals surface area contributed by atoms with Gasteiger partial charge in [0.25, 0.3) is 10.1 Å². The summed E-state index contributed by atoms with van der Waals surface area (Å²) in [7, 11) is -4.18. The number of rotatable bonds is 3. The van der Waals surface area contributed by atoms with Gasteiger partial charge in [0.15, 0.2) is 11.5 Å². The molecule has 3 aromatic rings. The van der Waals surface area contributed by atoms with Gasteiger partial charge in [0.2, 0.25) is 0 Å². The Balaban J connectivity index is 0.000000231.